The van der Waals surface area contributed by atoms with Crippen LogP contribution < -0.4 is 15.0 Å². The van der Waals surface area contributed by atoms with Gasteiger partial charge in [-0.3, -0.25) is 0 Å². The number of rotatable bonds is 7. The Morgan fingerprint density at radius 1 is 0.848 bits per heavy atom. The van der Waals surface area contributed by atoms with Crippen LogP contribution in [0.15, 0.2) is 71.6 Å². The predicted octanol–water partition coefficient (Wildman–Crippen LogP) is 7.65. The molecule has 3 aromatic rings. The minimum absolute atomic E-state index is 0.266. The Morgan fingerprint density at radius 2 is 1.39 bits per heavy atom. The van der Waals surface area contributed by atoms with Gasteiger partial charge in [0.2, 0.25) is 0 Å². The third-order valence-electron chi connectivity index (χ3n) is 4.84. The maximum Gasteiger partial charge on any atom is 0.340 e. The third-order valence-corrected chi connectivity index (χ3v) is 6.00. The average Bonchev–Trinajstić information content (AvgIpc) is 2.77. The van der Waals surface area contributed by atoms with E-state index >= 15 is 0 Å². The summed E-state index contributed by atoms with van der Waals surface area (Å²) >= 11 is 0. The summed E-state index contributed by atoms with van der Waals surface area (Å²) in [7, 11) is -5.38. The number of carbonyl (C=O) groups is 1. The zero-order chi connectivity index (χ0) is 24.5. The topological polar surface area (TPSA) is 50.8 Å². The third kappa shape index (κ3) is 5.67. The second-order valence-corrected chi connectivity index (χ2v) is 9.51. The van der Waals surface area contributed by atoms with Gasteiger partial charge in [0, 0.05) is 24.1 Å². The molecule has 0 aliphatic rings. The van der Waals surface area contributed by atoms with Gasteiger partial charge in [-0.15, -0.1) is 0 Å². The molecular formula is C22H21F5N2O3S. The van der Waals surface area contributed by atoms with E-state index < -0.39 is 21.1 Å². The molecule has 0 bridgehead atoms. The van der Waals surface area contributed by atoms with E-state index in [9.17, 15) is 24.2 Å². The van der Waals surface area contributed by atoms with Crippen LogP contribution in [0.4, 0.5) is 42.2 Å². The smallest absolute Gasteiger partial charge is 0.340 e. The lowest BCUT2D eigenvalue weighted by Crippen LogP contribution is -2.11. The SMILES string of the molecule is COC(=O)c1cc(OC)ccc1Nc1ccc(N(C)c2ccc(S(F)(F)(F)(F)F)cc2)cc1. The summed E-state index contributed by atoms with van der Waals surface area (Å²) in [5, 5.41) is 3.10. The second kappa shape index (κ2) is 7.84. The van der Waals surface area contributed by atoms with E-state index in [0.717, 1.165) is 12.1 Å². The monoisotopic (exact) mass is 488 g/mol. The Kier molecular flexibility index (Phi) is 5.74. The van der Waals surface area contributed by atoms with Crippen molar-refractivity contribution in [1.82, 2.24) is 0 Å². The minimum Gasteiger partial charge on any atom is -0.497 e. The molecule has 0 radical (unpaired) electrons. The molecule has 0 aromatic heterocycles. The van der Waals surface area contributed by atoms with Gasteiger partial charge in [0.25, 0.3) is 0 Å². The zero-order valence-electron chi connectivity index (χ0n) is 17.8. The molecule has 0 unspecified atom stereocenters. The van der Waals surface area contributed by atoms with Crippen LogP contribution in [-0.2, 0) is 4.74 Å². The van der Waals surface area contributed by atoms with E-state index in [1.165, 1.54) is 20.3 Å². The first-order chi connectivity index (χ1) is 15.2. The fraction of sp³-hybridized carbons (Fsp3) is 0.136. The molecule has 0 aliphatic heterocycles. The van der Waals surface area contributed by atoms with Crippen molar-refractivity contribution >= 4 is 38.9 Å². The molecule has 11 heteroatoms. The van der Waals surface area contributed by atoms with Gasteiger partial charge in [0.1, 0.15) is 10.6 Å². The number of carbonyl (C=O) groups excluding carboxylic acids is 1. The molecule has 0 fully saturated rings. The van der Waals surface area contributed by atoms with E-state index in [2.05, 4.69) is 5.32 Å². The fourth-order valence-corrected chi connectivity index (χ4v) is 3.69. The van der Waals surface area contributed by atoms with Crippen LogP contribution in [0.5, 0.6) is 5.75 Å². The van der Waals surface area contributed by atoms with Gasteiger partial charge >= 0.3 is 16.2 Å². The van der Waals surface area contributed by atoms with Gasteiger partial charge in [0.15, 0.2) is 0 Å². The van der Waals surface area contributed by atoms with Gasteiger partial charge in [0.05, 0.1) is 25.5 Å². The average molecular weight is 488 g/mol. The van der Waals surface area contributed by atoms with Crippen molar-refractivity contribution in [2.75, 3.05) is 31.5 Å². The number of ether oxygens (including phenoxy) is 2. The van der Waals surface area contributed by atoms with Crippen LogP contribution in [-0.4, -0.2) is 27.2 Å². The number of anilines is 4. The predicted molar refractivity (Wildman–Crippen MR) is 120 cm³/mol. The van der Waals surface area contributed by atoms with Gasteiger partial charge in [-0.25, -0.2) is 4.79 Å². The highest BCUT2D eigenvalue weighted by Crippen LogP contribution is 3.02. The maximum atomic E-state index is 12.9. The van der Waals surface area contributed by atoms with E-state index in [4.69, 9.17) is 9.47 Å². The number of hydrogen-bond donors (Lipinski definition) is 1. The first kappa shape index (κ1) is 24.2. The van der Waals surface area contributed by atoms with E-state index in [1.807, 2.05) is 0 Å². The molecule has 0 spiro atoms. The van der Waals surface area contributed by atoms with E-state index in [-0.39, 0.29) is 5.56 Å². The number of nitrogens with zero attached hydrogens (tertiary/aromatic N) is 1. The Bertz CT molecular complexity index is 1170. The molecule has 0 atom stereocenters. The lowest BCUT2D eigenvalue weighted by Gasteiger charge is -2.40. The first-order valence-electron chi connectivity index (χ1n) is 9.43. The molecule has 3 rings (SSSR count). The Morgan fingerprint density at radius 3 is 1.88 bits per heavy atom. The van der Waals surface area contributed by atoms with Gasteiger partial charge < -0.3 is 19.7 Å². The lowest BCUT2D eigenvalue weighted by atomic mass is 10.1. The molecule has 5 nitrogen and oxygen atoms in total. The van der Waals surface area contributed by atoms with Crippen LogP contribution in [0, 0.1) is 0 Å². The van der Waals surface area contributed by atoms with Crippen LogP contribution in [0.1, 0.15) is 10.4 Å². The van der Waals surface area contributed by atoms with Crippen molar-refractivity contribution in [3.05, 3.63) is 72.3 Å². The first-order valence-corrected chi connectivity index (χ1v) is 11.4. The van der Waals surface area contributed by atoms with Crippen molar-refractivity contribution in [2.24, 2.45) is 0 Å². The summed E-state index contributed by atoms with van der Waals surface area (Å²) in [5.74, 6) is -0.0723. The van der Waals surface area contributed by atoms with Crippen LogP contribution in [0.2, 0.25) is 0 Å². The number of benzene rings is 3. The van der Waals surface area contributed by atoms with Crippen LogP contribution >= 0.6 is 10.2 Å². The van der Waals surface area contributed by atoms with Crippen molar-refractivity contribution in [2.45, 2.75) is 4.90 Å². The normalized spacial score (nSPS) is 13.5. The number of esters is 1. The molecular weight excluding hydrogens is 467 g/mol. The molecule has 1 N–H and O–H groups in total. The van der Waals surface area contributed by atoms with E-state index in [0.29, 0.717) is 40.6 Å². The van der Waals surface area contributed by atoms with Crippen molar-refractivity contribution in [3.8, 4) is 5.75 Å². The molecule has 0 aliphatic carbocycles. The van der Waals surface area contributed by atoms with Gasteiger partial charge in [-0.05, 0) is 66.7 Å². The number of hydrogen-bond acceptors (Lipinski definition) is 5. The lowest BCUT2D eigenvalue weighted by molar-refractivity contribution is 0.0601. The second-order valence-electron chi connectivity index (χ2n) is 7.10. The summed E-state index contributed by atoms with van der Waals surface area (Å²) in [5.41, 5.74) is 2.27. The number of nitrogens with one attached hydrogen (secondary N) is 1. The Hall–Kier alpha value is -3.47. The number of halogens is 5. The number of methoxy groups -OCH3 is 2. The quantitative estimate of drug-likeness (QED) is 0.273. The summed E-state index contributed by atoms with van der Waals surface area (Å²) in [6.07, 6.45) is 0. The van der Waals surface area contributed by atoms with Crippen LogP contribution in [0.3, 0.4) is 0 Å². The molecule has 3 aromatic carbocycles. The minimum atomic E-state index is -9.71. The summed E-state index contributed by atoms with van der Waals surface area (Å²) < 4.78 is 74.5. The van der Waals surface area contributed by atoms with E-state index in [1.54, 1.807) is 48.3 Å². The zero-order valence-corrected chi connectivity index (χ0v) is 18.6. The highest BCUT2D eigenvalue weighted by atomic mass is 32.5. The molecule has 0 heterocycles. The van der Waals surface area contributed by atoms with Gasteiger partial charge in [-0.2, -0.15) is 0 Å². The Labute approximate surface area is 187 Å². The van der Waals surface area contributed by atoms with Crippen molar-refractivity contribution in [3.63, 3.8) is 0 Å². The molecule has 0 amide bonds. The largest absolute Gasteiger partial charge is 0.497 e. The Balaban J connectivity index is 1.81. The summed E-state index contributed by atoms with van der Waals surface area (Å²) in [4.78, 5) is 11.7. The standard InChI is InChI=1S/C22H21F5N2O3S/c1-29(17-8-11-19(12-9-17)33(23,24,25,26)27)16-6-4-15(5-7-16)28-21-13-10-18(31-2)14-20(21)22(30)32-3/h4-14,28H,1-3H3. The molecule has 33 heavy (non-hydrogen) atoms. The highest BCUT2D eigenvalue weighted by Gasteiger charge is 2.65. The highest BCUT2D eigenvalue weighted by molar-refractivity contribution is 8.45. The molecule has 178 valence electrons. The summed E-state index contributed by atoms with van der Waals surface area (Å²) in [6.45, 7) is 0. The van der Waals surface area contributed by atoms with Crippen molar-refractivity contribution in [1.29, 1.82) is 0 Å². The van der Waals surface area contributed by atoms with Gasteiger partial charge in [-0.1, -0.05) is 19.4 Å². The maximum absolute atomic E-state index is 12.9. The van der Waals surface area contributed by atoms with Crippen molar-refractivity contribution < 1.29 is 33.7 Å². The van der Waals surface area contributed by atoms with Crippen LogP contribution in [0.25, 0.3) is 0 Å². The summed E-state index contributed by atoms with van der Waals surface area (Å²) in [6, 6.07) is 14.3. The molecule has 0 saturated carbocycles. The molecule has 0 saturated heterocycles. The fourth-order valence-electron chi connectivity index (χ4n) is 3.04.